The second-order valence-corrected chi connectivity index (χ2v) is 5.75. The van der Waals surface area contributed by atoms with Crippen molar-refractivity contribution in [3.63, 3.8) is 0 Å². The number of nitrogens with zero attached hydrogens (tertiary/aromatic N) is 1. The van der Waals surface area contributed by atoms with Crippen molar-refractivity contribution < 1.29 is 0 Å². The number of thiocarbonyl (C=S) groups is 1. The molecule has 1 aliphatic rings. The lowest BCUT2D eigenvalue weighted by Gasteiger charge is -2.31. The molecule has 1 aromatic rings. The fraction of sp³-hybridized carbons (Fsp3) is 0.533. The van der Waals surface area contributed by atoms with E-state index in [2.05, 4.69) is 43.6 Å². The number of hydrogen-bond acceptors (Lipinski definition) is 2. The first-order valence-corrected chi connectivity index (χ1v) is 7.46. The molecule has 0 aliphatic carbocycles. The van der Waals surface area contributed by atoms with Crippen molar-refractivity contribution in [3.05, 3.63) is 30.3 Å². The van der Waals surface area contributed by atoms with Gasteiger partial charge in [0.05, 0.1) is 5.69 Å². The van der Waals surface area contributed by atoms with Crippen LogP contribution in [0.25, 0.3) is 0 Å². The molecule has 0 spiro atoms. The largest absolute Gasteiger partial charge is 0.342 e. The molecule has 19 heavy (non-hydrogen) atoms. The Morgan fingerprint density at radius 3 is 2.53 bits per heavy atom. The van der Waals surface area contributed by atoms with Gasteiger partial charge in [0.25, 0.3) is 0 Å². The quantitative estimate of drug-likeness (QED) is 0.806. The van der Waals surface area contributed by atoms with Gasteiger partial charge in [0.1, 0.15) is 5.66 Å². The lowest BCUT2D eigenvalue weighted by atomic mass is 9.93. The first kappa shape index (κ1) is 14.3. The molecule has 0 unspecified atom stereocenters. The second kappa shape index (κ2) is 5.88. The molecular weight excluding hydrogens is 254 g/mol. The summed E-state index contributed by atoms with van der Waals surface area (Å²) in [6.07, 6.45) is 3.26. The monoisotopic (exact) mass is 277 g/mol. The standard InChI is InChI=1S/C15H23N3S/c1-4-12(3)11-15(5-2)16-14(19)18(17-15)13-9-7-6-8-10-13/h6-10,12,17H,4-5,11H2,1-3H3,(H,16,19)/t12-,15-/m1/s1. The SMILES string of the molecule is CC[C@@H](C)C[C@]1(CC)NC(=S)N(c2ccccc2)N1. The van der Waals surface area contributed by atoms with E-state index < -0.39 is 0 Å². The minimum absolute atomic E-state index is 0.109. The highest BCUT2D eigenvalue weighted by Gasteiger charge is 2.39. The number of hydrazine groups is 1. The smallest absolute Gasteiger partial charge is 0.189 e. The van der Waals surface area contributed by atoms with Gasteiger partial charge in [-0.05, 0) is 43.1 Å². The van der Waals surface area contributed by atoms with Gasteiger partial charge in [-0.15, -0.1) is 0 Å². The summed E-state index contributed by atoms with van der Waals surface area (Å²) in [6.45, 7) is 6.71. The van der Waals surface area contributed by atoms with Crippen molar-refractivity contribution in [2.75, 3.05) is 5.01 Å². The molecule has 1 aliphatic heterocycles. The number of rotatable bonds is 5. The van der Waals surface area contributed by atoms with E-state index in [1.165, 1.54) is 6.42 Å². The van der Waals surface area contributed by atoms with Crippen molar-refractivity contribution in [2.45, 2.75) is 45.7 Å². The van der Waals surface area contributed by atoms with Crippen LogP contribution in [0.15, 0.2) is 30.3 Å². The molecule has 1 heterocycles. The Morgan fingerprint density at radius 1 is 1.26 bits per heavy atom. The minimum atomic E-state index is -0.109. The first-order chi connectivity index (χ1) is 9.10. The number of hydrogen-bond donors (Lipinski definition) is 2. The molecule has 2 atom stereocenters. The number of para-hydroxylation sites is 1. The van der Waals surface area contributed by atoms with Gasteiger partial charge in [-0.25, -0.2) is 5.43 Å². The van der Waals surface area contributed by atoms with Gasteiger partial charge in [-0.2, -0.15) is 0 Å². The minimum Gasteiger partial charge on any atom is -0.342 e. The molecule has 2 rings (SSSR count). The van der Waals surface area contributed by atoms with Gasteiger partial charge in [0.15, 0.2) is 5.11 Å². The maximum atomic E-state index is 5.48. The number of benzene rings is 1. The van der Waals surface area contributed by atoms with Gasteiger partial charge in [-0.1, -0.05) is 45.4 Å². The van der Waals surface area contributed by atoms with Gasteiger partial charge >= 0.3 is 0 Å². The molecular formula is C15H23N3S. The zero-order chi connectivity index (χ0) is 13.9. The molecule has 3 nitrogen and oxygen atoms in total. The van der Waals surface area contributed by atoms with E-state index in [-0.39, 0.29) is 5.66 Å². The lowest BCUT2D eigenvalue weighted by Crippen LogP contribution is -2.51. The highest BCUT2D eigenvalue weighted by molar-refractivity contribution is 7.80. The van der Waals surface area contributed by atoms with Crippen LogP contribution in [0.2, 0.25) is 0 Å². The molecule has 4 heteroatoms. The topological polar surface area (TPSA) is 27.3 Å². The van der Waals surface area contributed by atoms with Crippen LogP contribution < -0.4 is 15.8 Å². The van der Waals surface area contributed by atoms with E-state index in [1.807, 2.05) is 23.2 Å². The molecule has 0 bridgehead atoms. The fourth-order valence-electron chi connectivity index (χ4n) is 2.46. The van der Waals surface area contributed by atoms with E-state index in [0.29, 0.717) is 5.92 Å². The molecule has 1 saturated heterocycles. The fourth-order valence-corrected chi connectivity index (χ4v) is 2.81. The normalized spacial score (nSPS) is 24.4. The van der Waals surface area contributed by atoms with Crippen LogP contribution in [-0.4, -0.2) is 10.8 Å². The second-order valence-electron chi connectivity index (χ2n) is 5.37. The number of anilines is 1. The summed E-state index contributed by atoms with van der Waals surface area (Å²) in [5.74, 6) is 0.665. The molecule has 0 radical (unpaired) electrons. The van der Waals surface area contributed by atoms with Gasteiger partial charge in [0, 0.05) is 0 Å². The summed E-state index contributed by atoms with van der Waals surface area (Å²) in [5.41, 5.74) is 4.54. The van der Waals surface area contributed by atoms with Crippen LogP contribution in [0.1, 0.15) is 40.0 Å². The Kier molecular flexibility index (Phi) is 4.42. The van der Waals surface area contributed by atoms with Crippen LogP contribution in [0.3, 0.4) is 0 Å². The van der Waals surface area contributed by atoms with Crippen molar-refractivity contribution in [2.24, 2.45) is 5.92 Å². The Balaban J connectivity index is 2.17. The molecule has 0 saturated carbocycles. The third kappa shape index (κ3) is 3.07. The maximum Gasteiger partial charge on any atom is 0.189 e. The molecule has 2 N–H and O–H groups in total. The number of nitrogens with one attached hydrogen (secondary N) is 2. The molecule has 0 aromatic heterocycles. The average Bonchev–Trinajstić information content (AvgIpc) is 2.77. The summed E-state index contributed by atoms with van der Waals surface area (Å²) in [4.78, 5) is 0. The van der Waals surface area contributed by atoms with Gasteiger partial charge < -0.3 is 5.32 Å². The Bertz CT molecular complexity index is 434. The molecule has 1 aromatic carbocycles. The third-order valence-electron chi connectivity index (χ3n) is 3.89. The highest BCUT2D eigenvalue weighted by Crippen LogP contribution is 2.27. The molecule has 1 fully saturated rings. The van der Waals surface area contributed by atoms with Crippen molar-refractivity contribution in [3.8, 4) is 0 Å². The van der Waals surface area contributed by atoms with Crippen LogP contribution in [0.4, 0.5) is 5.69 Å². The summed E-state index contributed by atoms with van der Waals surface area (Å²) < 4.78 is 0. The molecule has 104 valence electrons. The Hall–Kier alpha value is -1.13. The first-order valence-electron chi connectivity index (χ1n) is 7.05. The van der Waals surface area contributed by atoms with E-state index >= 15 is 0 Å². The lowest BCUT2D eigenvalue weighted by molar-refractivity contribution is 0.255. The van der Waals surface area contributed by atoms with E-state index in [9.17, 15) is 0 Å². The van der Waals surface area contributed by atoms with Crippen LogP contribution in [-0.2, 0) is 0 Å². The maximum absolute atomic E-state index is 5.48. The van der Waals surface area contributed by atoms with E-state index in [4.69, 9.17) is 12.2 Å². The van der Waals surface area contributed by atoms with Crippen molar-refractivity contribution in [1.82, 2.24) is 10.7 Å². The zero-order valence-electron chi connectivity index (χ0n) is 11.9. The van der Waals surface area contributed by atoms with Crippen molar-refractivity contribution in [1.29, 1.82) is 0 Å². The Morgan fingerprint density at radius 2 is 1.95 bits per heavy atom. The predicted octanol–water partition coefficient (Wildman–Crippen LogP) is 3.43. The summed E-state index contributed by atoms with van der Waals surface area (Å²) in [5, 5.41) is 6.22. The molecule has 0 amide bonds. The average molecular weight is 277 g/mol. The van der Waals surface area contributed by atoms with E-state index in [1.54, 1.807) is 0 Å². The summed E-state index contributed by atoms with van der Waals surface area (Å²) in [7, 11) is 0. The predicted molar refractivity (Wildman–Crippen MR) is 84.9 cm³/mol. The summed E-state index contributed by atoms with van der Waals surface area (Å²) >= 11 is 5.48. The third-order valence-corrected chi connectivity index (χ3v) is 4.17. The van der Waals surface area contributed by atoms with Gasteiger partial charge in [-0.3, -0.25) is 5.01 Å². The van der Waals surface area contributed by atoms with Crippen molar-refractivity contribution >= 4 is 23.0 Å². The summed E-state index contributed by atoms with van der Waals surface area (Å²) in [6, 6.07) is 10.2. The van der Waals surface area contributed by atoms with Gasteiger partial charge in [0.2, 0.25) is 0 Å². The highest BCUT2D eigenvalue weighted by atomic mass is 32.1. The zero-order valence-corrected chi connectivity index (χ0v) is 12.8. The van der Waals surface area contributed by atoms with E-state index in [0.717, 1.165) is 23.6 Å². The van der Waals surface area contributed by atoms with Crippen LogP contribution in [0.5, 0.6) is 0 Å². The van der Waals surface area contributed by atoms with Crippen LogP contribution >= 0.6 is 12.2 Å². The van der Waals surface area contributed by atoms with Crippen LogP contribution in [0, 0.1) is 5.92 Å². The Labute approximate surface area is 121 Å².